The van der Waals surface area contributed by atoms with E-state index < -0.39 is 0 Å². The van der Waals surface area contributed by atoms with Crippen LogP contribution in [0, 0.1) is 0 Å². The van der Waals surface area contributed by atoms with Crippen LogP contribution in [0.4, 0.5) is 0 Å². The summed E-state index contributed by atoms with van der Waals surface area (Å²) in [6, 6.07) is 7.95. The van der Waals surface area contributed by atoms with Gasteiger partial charge in [0.1, 0.15) is 0 Å². The van der Waals surface area contributed by atoms with Crippen LogP contribution >= 0.6 is 11.6 Å². The van der Waals surface area contributed by atoms with Crippen LogP contribution in [0.25, 0.3) is 0 Å². The minimum Gasteiger partial charge on any atom is -0.304 e. The van der Waals surface area contributed by atoms with Crippen molar-refractivity contribution in [2.75, 3.05) is 6.61 Å². The Kier molecular flexibility index (Phi) is 2.77. The smallest absolute Gasteiger partial charge is 0.0776 e. The third-order valence-electron chi connectivity index (χ3n) is 3.12. The fraction of sp³-hybridized carbons (Fsp3) is 0.455. The number of hydrogen-bond acceptors (Lipinski definition) is 2. The van der Waals surface area contributed by atoms with Gasteiger partial charge in [-0.2, -0.15) is 0 Å². The Morgan fingerprint density at radius 1 is 1.36 bits per heavy atom. The van der Waals surface area contributed by atoms with Crippen molar-refractivity contribution in [1.82, 2.24) is 0 Å². The zero-order valence-corrected chi connectivity index (χ0v) is 8.76. The molecule has 1 aliphatic carbocycles. The lowest BCUT2D eigenvalue weighted by Crippen LogP contribution is -2.40. The summed E-state index contributed by atoms with van der Waals surface area (Å²) in [7, 11) is 0. The number of benzene rings is 1. The Morgan fingerprint density at radius 3 is 2.57 bits per heavy atom. The summed E-state index contributed by atoms with van der Waals surface area (Å²) >= 11 is 6.16. The lowest BCUT2D eigenvalue weighted by molar-refractivity contribution is 0.0451. The minimum absolute atomic E-state index is 0.0765. The van der Waals surface area contributed by atoms with Gasteiger partial charge in [-0.05, 0) is 24.5 Å². The molecule has 0 unspecified atom stereocenters. The summed E-state index contributed by atoms with van der Waals surface area (Å²) in [5.41, 5.74) is 1.26. The van der Waals surface area contributed by atoms with Gasteiger partial charge < -0.3 is 4.84 Å². The fourth-order valence-electron chi connectivity index (χ4n) is 2.15. The molecule has 0 amide bonds. The maximum atomic E-state index is 6.16. The van der Waals surface area contributed by atoms with Gasteiger partial charge in [-0.3, -0.25) is 0 Å². The Labute approximate surface area is 89.0 Å². The molecule has 0 saturated heterocycles. The van der Waals surface area contributed by atoms with E-state index in [4.69, 9.17) is 22.3 Å². The highest BCUT2D eigenvalue weighted by Gasteiger charge is 2.40. The van der Waals surface area contributed by atoms with Crippen LogP contribution in [0.5, 0.6) is 0 Å². The standard InChI is InChI=1S/C11H14ClNO/c12-10-5-2-1-4-9(10)11(8-14-13)6-3-7-11/h1-2,4-5H,3,6-8,13H2. The summed E-state index contributed by atoms with van der Waals surface area (Å²) in [6.45, 7) is 0.566. The van der Waals surface area contributed by atoms with Gasteiger partial charge in [0.15, 0.2) is 0 Å². The van der Waals surface area contributed by atoms with Crippen LogP contribution < -0.4 is 5.90 Å². The summed E-state index contributed by atoms with van der Waals surface area (Å²) in [5, 5.41) is 0.823. The van der Waals surface area contributed by atoms with E-state index >= 15 is 0 Å². The number of hydrogen-bond donors (Lipinski definition) is 1. The van der Waals surface area contributed by atoms with Gasteiger partial charge in [0.25, 0.3) is 0 Å². The molecule has 3 heteroatoms. The summed E-state index contributed by atoms with van der Waals surface area (Å²) < 4.78 is 0. The van der Waals surface area contributed by atoms with Gasteiger partial charge in [-0.25, -0.2) is 5.90 Å². The average molecular weight is 212 g/mol. The molecule has 76 valence electrons. The first-order valence-corrected chi connectivity index (χ1v) is 5.23. The van der Waals surface area contributed by atoms with Crippen molar-refractivity contribution in [3.05, 3.63) is 34.9 Å². The van der Waals surface area contributed by atoms with Crippen LogP contribution in [-0.4, -0.2) is 6.61 Å². The van der Waals surface area contributed by atoms with E-state index in [1.807, 2.05) is 18.2 Å². The normalized spacial score (nSPS) is 19.0. The molecule has 1 aromatic carbocycles. The van der Waals surface area contributed by atoms with Gasteiger partial charge in [-0.15, -0.1) is 0 Å². The van der Waals surface area contributed by atoms with Crippen LogP contribution in [-0.2, 0) is 10.3 Å². The molecule has 2 rings (SSSR count). The molecular formula is C11H14ClNO. The Bertz CT molecular complexity index is 323. The molecule has 1 saturated carbocycles. The molecule has 1 fully saturated rings. The van der Waals surface area contributed by atoms with Crippen LogP contribution in [0.2, 0.25) is 5.02 Å². The second-order valence-corrected chi connectivity index (χ2v) is 4.33. The third-order valence-corrected chi connectivity index (χ3v) is 3.45. The minimum atomic E-state index is 0.0765. The zero-order valence-electron chi connectivity index (χ0n) is 8.00. The van der Waals surface area contributed by atoms with Crippen molar-refractivity contribution in [1.29, 1.82) is 0 Å². The second kappa shape index (κ2) is 3.89. The van der Waals surface area contributed by atoms with Crippen molar-refractivity contribution in [3.63, 3.8) is 0 Å². The molecular weight excluding hydrogens is 198 g/mol. The molecule has 2 N–H and O–H groups in total. The highest BCUT2D eigenvalue weighted by Crippen LogP contribution is 2.46. The molecule has 0 spiro atoms. The number of rotatable bonds is 3. The first-order valence-electron chi connectivity index (χ1n) is 4.85. The van der Waals surface area contributed by atoms with E-state index in [1.165, 1.54) is 12.0 Å². The van der Waals surface area contributed by atoms with Gasteiger partial charge in [0, 0.05) is 10.4 Å². The summed E-state index contributed by atoms with van der Waals surface area (Å²) in [6.07, 6.45) is 3.47. The van der Waals surface area contributed by atoms with Gasteiger partial charge in [0.05, 0.1) is 6.61 Å². The Morgan fingerprint density at radius 2 is 2.07 bits per heavy atom. The Hall–Kier alpha value is -0.570. The van der Waals surface area contributed by atoms with Gasteiger partial charge in [0.2, 0.25) is 0 Å². The third kappa shape index (κ3) is 1.54. The monoisotopic (exact) mass is 211 g/mol. The molecule has 1 aliphatic rings. The molecule has 1 aromatic rings. The van der Waals surface area contributed by atoms with Crippen LogP contribution in [0.3, 0.4) is 0 Å². The van der Waals surface area contributed by atoms with Crippen molar-refractivity contribution in [2.45, 2.75) is 24.7 Å². The molecule has 14 heavy (non-hydrogen) atoms. The molecule has 0 aromatic heterocycles. The van der Waals surface area contributed by atoms with Gasteiger partial charge in [-0.1, -0.05) is 36.2 Å². The maximum absolute atomic E-state index is 6.16. The number of halogens is 1. The average Bonchev–Trinajstić information content (AvgIpc) is 2.13. The van der Waals surface area contributed by atoms with E-state index in [2.05, 4.69) is 6.07 Å². The van der Waals surface area contributed by atoms with E-state index in [9.17, 15) is 0 Å². The van der Waals surface area contributed by atoms with Crippen molar-refractivity contribution in [2.24, 2.45) is 5.90 Å². The molecule has 0 bridgehead atoms. The predicted molar refractivity (Wildman–Crippen MR) is 57.1 cm³/mol. The van der Waals surface area contributed by atoms with Crippen molar-refractivity contribution < 1.29 is 4.84 Å². The molecule has 0 heterocycles. The number of nitrogens with two attached hydrogens (primary N) is 1. The highest BCUT2D eigenvalue weighted by molar-refractivity contribution is 6.31. The first kappa shape index (κ1) is 9.97. The molecule has 2 nitrogen and oxygen atoms in total. The SMILES string of the molecule is NOCC1(c2ccccc2Cl)CCC1. The summed E-state index contributed by atoms with van der Waals surface area (Å²) in [4.78, 5) is 4.80. The topological polar surface area (TPSA) is 35.2 Å². The van der Waals surface area contributed by atoms with Crippen molar-refractivity contribution >= 4 is 11.6 Å². The first-order chi connectivity index (χ1) is 6.78. The summed E-state index contributed by atoms with van der Waals surface area (Å²) in [5.74, 6) is 5.17. The van der Waals surface area contributed by atoms with Crippen LogP contribution in [0.15, 0.2) is 24.3 Å². The Balaban J connectivity index is 2.32. The maximum Gasteiger partial charge on any atom is 0.0776 e. The zero-order chi connectivity index (χ0) is 10.0. The molecule has 0 atom stereocenters. The lowest BCUT2D eigenvalue weighted by atomic mass is 9.65. The fourth-order valence-corrected chi connectivity index (χ4v) is 2.48. The second-order valence-electron chi connectivity index (χ2n) is 3.92. The van der Waals surface area contributed by atoms with Crippen LogP contribution in [0.1, 0.15) is 24.8 Å². The van der Waals surface area contributed by atoms with Crippen molar-refractivity contribution in [3.8, 4) is 0 Å². The van der Waals surface area contributed by atoms with E-state index in [1.54, 1.807) is 0 Å². The van der Waals surface area contributed by atoms with E-state index in [0.717, 1.165) is 17.9 Å². The molecule has 0 aliphatic heterocycles. The van der Waals surface area contributed by atoms with E-state index in [0.29, 0.717) is 6.61 Å². The largest absolute Gasteiger partial charge is 0.304 e. The van der Waals surface area contributed by atoms with Gasteiger partial charge >= 0.3 is 0 Å². The molecule has 0 radical (unpaired) electrons. The predicted octanol–water partition coefficient (Wildman–Crippen LogP) is 2.65. The quantitative estimate of drug-likeness (QED) is 0.781. The highest BCUT2D eigenvalue weighted by atomic mass is 35.5. The van der Waals surface area contributed by atoms with E-state index in [-0.39, 0.29) is 5.41 Å². The lowest BCUT2D eigenvalue weighted by Gasteiger charge is -2.42.